The summed E-state index contributed by atoms with van der Waals surface area (Å²) in [6.07, 6.45) is 1.41. The summed E-state index contributed by atoms with van der Waals surface area (Å²) in [5.74, 6) is -0.580. The van der Waals surface area contributed by atoms with E-state index >= 15 is 0 Å². The predicted octanol–water partition coefficient (Wildman–Crippen LogP) is 6.26. The van der Waals surface area contributed by atoms with Gasteiger partial charge in [0.05, 0.1) is 33.2 Å². The van der Waals surface area contributed by atoms with E-state index in [1.165, 1.54) is 34.2 Å². The molecule has 3 aromatic carbocycles. The number of furan rings is 1. The molecule has 1 aliphatic heterocycles. The largest absolute Gasteiger partial charge is 0.448 e. The van der Waals surface area contributed by atoms with Gasteiger partial charge in [-0.15, -0.1) is 11.3 Å². The van der Waals surface area contributed by atoms with Crippen LogP contribution in [-0.4, -0.2) is 28.9 Å². The van der Waals surface area contributed by atoms with Crippen molar-refractivity contribution >= 4 is 74.5 Å². The number of carbonyl (C=O) groups excluding carboxylic acids is 3. The molecular formula is C27H15ClN4O4S2. The van der Waals surface area contributed by atoms with Gasteiger partial charge in [-0.1, -0.05) is 23.7 Å². The second-order valence-corrected chi connectivity index (χ2v) is 10.8. The normalized spacial score (nSPS) is 13.0. The molecule has 0 spiro atoms. The molecule has 1 aliphatic rings. The van der Waals surface area contributed by atoms with Gasteiger partial charge in [0.2, 0.25) is 0 Å². The number of hydrogen-bond donors (Lipinski definition) is 1. The second kappa shape index (κ2) is 9.90. The number of benzene rings is 3. The topological polar surface area (TPSA) is 105 Å². The van der Waals surface area contributed by atoms with Crippen molar-refractivity contribution in [3.05, 3.63) is 106 Å². The number of rotatable bonds is 6. The van der Waals surface area contributed by atoms with Crippen LogP contribution in [0.1, 0.15) is 36.8 Å². The number of nitrogens with one attached hydrogen (secondary N) is 1. The van der Waals surface area contributed by atoms with Gasteiger partial charge in [-0.3, -0.25) is 14.4 Å². The Morgan fingerprint density at radius 3 is 2.47 bits per heavy atom. The minimum absolute atomic E-state index is 0.335. The number of anilines is 1. The van der Waals surface area contributed by atoms with E-state index in [0.29, 0.717) is 38.3 Å². The molecule has 0 saturated heterocycles. The average Bonchev–Trinajstić information content (AvgIpc) is 3.60. The molecule has 1 N–H and O–H groups in total. The number of halogens is 1. The standard InChI is InChI=1S/C27H15ClN4O4S2/c28-16-7-5-15(6-8-16)24(33)31-29-14-18-10-12-23(36-18)38-27-30-21-11-9-17(13-22(21)37-27)32-25(34)19-3-1-2-4-20(19)26(32)35/h1-14H,(H,31,33)/b29-14-. The molecule has 0 radical (unpaired) electrons. The van der Waals surface area contributed by atoms with Crippen LogP contribution >= 0.6 is 34.7 Å². The van der Waals surface area contributed by atoms with Gasteiger partial charge in [-0.25, -0.2) is 15.3 Å². The van der Waals surface area contributed by atoms with E-state index in [2.05, 4.69) is 15.5 Å². The highest BCUT2D eigenvalue weighted by atomic mass is 35.5. The summed E-state index contributed by atoms with van der Waals surface area (Å²) >= 11 is 8.59. The van der Waals surface area contributed by atoms with Crippen molar-refractivity contribution in [3.8, 4) is 0 Å². The van der Waals surface area contributed by atoms with E-state index in [1.807, 2.05) is 0 Å². The Labute approximate surface area is 228 Å². The highest BCUT2D eigenvalue weighted by molar-refractivity contribution is 8.01. The molecule has 0 aliphatic carbocycles. The first-order chi connectivity index (χ1) is 18.5. The second-order valence-electron chi connectivity index (χ2n) is 8.09. The van der Waals surface area contributed by atoms with Crippen molar-refractivity contribution in [2.45, 2.75) is 9.43 Å². The van der Waals surface area contributed by atoms with E-state index in [0.717, 1.165) is 14.6 Å². The maximum absolute atomic E-state index is 12.8. The fourth-order valence-corrected chi connectivity index (χ4v) is 5.99. The molecule has 3 heterocycles. The van der Waals surface area contributed by atoms with Crippen molar-refractivity contribution in [3.63, 3.8) is 0 Å². The van der Waals surface area contributed by atoms with Crippen molar-refractivity contribution in [1.82, 2.24) is 10.4 Å². The molecule has 38 heavy (non-hydrogen) atoms. The van der Waals surface area contributed by atoms with E-state index in [1.54, 1.807) is 78.9 Å². The molecule has 0 atom stereocenters. The van der Waals surface area contributed by atoms with Crippen molar-refractivity contribution in [2.24, 2.45) is 5.10 Å². The Hall–Kier alpha value is -4.25. The lowest BCUT2D eigenvalue weighted by Gasteiger charge is -2.13. The minimum atomic E-state index is -0.367. The lowest BCUT2D eigenvalue weighted by Crippen LogP contribution is -2.29. The Bertz CT molecular complexity index is 1730. The fourth-order valence-electron chi connectivity index (χ4n) is 3.86. The Morgan fingerprint density at radius 1 is 1.00 bits per heavy atom. The first kappa shape index (κ1) is 24.1. The van der Waals surface area contributed by atoms with Crippen LogP contribution in [0, 0.1) is 0 Å². The predicted molar refractivity (Wildman–Crippen MR) is 147 cm³/mol. The summed E-state index contributed by atoms with van der Waals surface area (Å²) in [7, 11) is 0. The van der Waals surface area contributed by atoms with Crippen LogP contribution in [-0.2, 0) is 0 Å². The molecule has 8 nitrogen and oxygen atoms in total. The minimum Gasteiger partial charge on any atom is -0.448 e. The van der Waals surface area contributed by atoms with Gasteiger partial charge in [0.25, 0.3) is 17.7 Å². The summed E-state index contributed by atoms with van der Waals surface area (Å²) in [5.41, 5.74) is 4.93. The number of thiazole rings is 1. The summed E-state index contributed by atoms with van der Waals surface area (Å²) in [6.45, 7) is 0. The van der Waals surface area contributed by atoms with Gasteiger partial charge in [0.15, 0.2) is 9.43 Å². The van der Waals surface area contributed by atoms with E-state index in [-0.39, 0.29) is 17.7 Å². The zero-order chi connectivity index (χ0) is 26.2. The summed E-state index contributed by atoms with van der Waals surface area (Å²) in [6, 6.07) is 22.1. The molecule has 11 heteroatoms. The molecule has 0 unspecified atom stereocenters. The summed E-state index contributed by atoms with van der Waals surface area (Å²) in [4.78, 5) is 43.6. The van der Waals surface area contributed by atoms with E-state index in [4.69, 9.17) is 16.0 Å². The SMILES string of the molecule is O=C(N/N=C\c1ccc(Sc2nc3ccc(N4C(=O)c5ccccc5C4=O)cc3s2)o1)c1ccc(Cl)cc1. The molecular weight excluding hydrogens is 544 g/mol. The van der Waals surface area contributed by atoms with Crippen molar-refractivity contribution < 1.29 is 18.8 Å². The Morgan fingerprint density at radius 2 is 1.74 bits per heavy atom. The number of nitrogens with zero attached hydrogens (tertiary/aromatic N) is 3. The van der Waals surface area contributed by atoms with Crippen LogP contribution in [0.4, 0.5) is 5.69 Å². The maximum atomic E-state index is 12.8. The van der Waals surface area contributed by atoms with Crippen LogP contribution < -0.4 is 10.3 Å². The number of carbonyl (C=O) groups is 3. The quantitative estimate of drug-likeness (QED) is 0.150. The highest BCUT2D eigenvalue weighted by Gasteiger charge is 2.36. The number of hydrogen-bond acceptors (Lipinski definition) is 8. The average molecular weight is 559 g/mol. The zero-order valence-corrected chi connectivity index (χ0v) is 21.6. The smallest absolute Gasteiger partial charge is 0.271 e. The molecule has 2 aromatic heterocycles. The third kappa shape index (κ3) is 4.60. The summed E-state index contributed by atoms with van der Waals surface area (Å²) < 4.78 is 7.33. The first-order valence-electron chi connectivity index (χ1n) is 11.2. The number of aromatic nitrogens is 1. The molecule has 0 fully saturated rings. The van der Waals surface area contributed by atoms with Gasteiger partial charge >= 0.3 is 0 Å². The Balaban J connectivity index is 1.14. The van der Waals surface area contributed by atoms with Crippen LogP contribution in [0.25, 0.3) is 10.2 Å². The Kier molecular flexibility index (Phi) is 6.28. The van der Waals surface area contributed by atoms with Gasteiger partial charge in [-0.2, -0.15) is 5.10 Å². The van der Waals surface area contributed by atoms with Crippen molar-refractivity contribution in [1.29, 1.82) is 0 Å². The van der Waals surface area contributed by atoms with E-state index in [9.17, 15) is 14.4 Å². The fraction of sp³-hybridized carbons (Fsp3) is 0. The van der Waals surface area contributed by atoms with Crippen LogP contribution in [0.15, 0.2) is 97.8 Å². The van der Waals surface area contributed by atoms with Gasteiger partial charge in [0, 0.05) is 10.6 Å². The van der Waals surface area contributed by atoms with Crippen LogP contribution in [0.5, 0.6) is 0 Å². The molecule has 6 rings (SSSR count). The van der Waals surface area contributed by atoms with Gasteiger partial charge in [-0.05, 0) is 78.5 Å². The van der Waals surface area contributed by atoms with Gasteiger partial charge in [0.1, 0.15) is 5.76 Å². The lowest BCUT2D eigenvalue weighted by molar-refractivity contribution is 0.0922. The highest BCUT2D eigenvalue weighted by Crippen LogP contribution is 2.37. The molecule has 0 bridgehead atoms. The number of fused-ring (bicyclic) bond motifs is 2. The third-order valence-electron chi connectivity index (χ3n) is 5.66. The third-order valence-corrected chi connectivity index (χ3v) is 7.91. The maximum Gasteiger partial charge on any atom is 0.271 e. The van der Waals surface area contributed by atoms with Crippen molar-refractivity contribution in [2.75, 3.05) is 4.90 Å². The molecule has 186 valence electrons. The van der Waals surface area contributed by atoms with E-state index < -0.39 is 0 Å². The monoisotopic (exact) mass is 558 g/mol. The first-order valence-corrected chi connectivity index (χ1v) is 13.2. The van der Waals surface area contributed by atoms with Gasteiger partial charge < -0.3 is 4.42 Å². The number of hydrazone groups is 1. The zero-order valence-electron chi connectivity index (χ0n) is 19.3. The molecule has 5 aromatic rings. The van der Waals surface area contributed by atoms with Crippen LogP contribution in [0.2, 0.25) is 5.02 Å². The lowest BCUT2D eigenvalue weighted by atomic mass is 10.1. The number of imide groups is 1. The summed E-state index contributed by atoms with van der Waals surface area (Å²) in [5, 5.41) is 5.07. The van der Waals surface area contributed by atoms with Crippen LogP contribution in [0.3, 0.4) is 0 Å². The number of amides is 3. The molecule has 3 amide bonds. The molecule has 0 saturated carbocycles.